The minimum Gasteiger partial charge on any atom is -0.310 e. The highest BCUT2D eigenvalue weighted by molar-refractivity contribution is 9.10. The van der Waals surface area contributed by atoms with Gasteiger partial charge in [-0.2, -0.15) is 0 Å². The standard InChI is InChI=1S/C14H19BrFN/c1-4-17-13(10-8-14(10,2)3)9-6-5-7-11(15)12(9)16/h5-7,10,13,17H,4,8H2,1-3H3. The molecule has 94 valence electrons. The Kier molecular flexibility index (Phi) is 3.60. The monoisotopic (exact) mass is 299 g/mol. The fourth-order valence-electron chi connectivity index (χ4n) is 2.53. The maximum atomic E-state index is 14.1. The van der Waals surface area contributed by atoms with E-state index in [0.29, 0.717) is 15.8 Å². The van der Waals surface area contributed by atoms with Crippen LogP contribution in [0.25, 0.3) is 0 Å². The fraction of sp³-hybridized carbons (Fsp3) is 0.571. The van der Waals surface area contributed by atoms with Crippen LogP contribution in [-0.2, 0) is 0 Å². The van der Waals surface area contributed by atoms with E-state index in [9.17, 15) is 4.39 Å². The molecule has 1 fully saturated rings. The molecule has 0 radical (unpaired) electrons. The van der Waals surface area contributed by atoms with Crippen LogP contribution in [0.5, 0.6) is 0 Å². The predicted octanol–water partition coefficient (Wildman–Crippen LogP) is 4.28. The molecule has 0 aromatic heterocycles. The van der Waals surface area contributed by atoms with Crippen LogP contribution in [0.3, 0.4) is 0 Å². The second-order valence-electron chi connectivity index (χ2n) is 5.48. The molecule has 0 heterocycles. The number of halogens is 2. The van der Waals surface area contributed by atoms with Gasteiger partial charge in [-0.05, 0) is 46.3 Å². The van der Waals surface area contributed by atoms with Gasteiger partial charge in [-0.3, -0.25) is 0 Å². The lowest BCUT2D eigenvalue weighted by molar-refractivity contribution is 0.409. The Morgan fingerprint density at radius 2 is 2.18 bits per heavy atom. The minimum absolute atomic E-state index is 0.124. The van der Waals surface area contributed by atoms with Gasteiger partial charge in [-0.1, -0.05) is 32.9 Å². The molecule has 3 heteroatoms. The lowest BCUT2D eigenvalue weighted by Crippen LogP contribution is -2.25. The first-order valence-corrected chi connectivity index (χ1v) is 6.94. The largest absolute Gasteiger partial charge is 0.310 e. The first kappa shape index (κ1) is 13.0. The Morgan fingerprint density at radius 1 is 1.53 bits per heavy atom. The van der Waals surface area contributed by atoms with E-state index in [1.54, 1.807) is 6.07 Å². The third-order valence-electron chi connectivity index (χ3n) is 3.73. The number of benzene rings is 1. The molecule has 1 nitrogen and oxygen atoms in total. The van der Waals surface area contributed by atoms with Gasteiger partial charge in [0.2, 0.25) is 0 Å². The second kappa shape index (κ2) is 4.69. The van der Waals surface area contributed by atoms with E-state index < -0.39 is 0 Å². The van der Waals surface area contributed by atoms with Crippen molar-refractivity contribution in [2.75, 3.05) is 6.54 Å². The first-order chi connectivity index (χ1) is 7.97. The van der Waals surface area contributed by atoms with E-state index >= 15 is 0 Å². The van der Waals surface area contributed by atoms with E-state index in [1.807, 2.05) is 12.1 Å². The van der Waals surface area contributed by atoms with Crippen LogP contribution in [0.1, 0.15) is 38.8 Å². The van der Waals surface area contributed by atoms with Gasteiger partial charge < -0.3 is 5.32 Å². The Morgan fingerprint density at radius 3 is 2.71 bits per heavy atom. The molecule has 2 rings (SSSR count). The fourth-order valence-corrected chi connectivity index (χ4v) is 2.91. The summed E-state index contributed by atoms with van der Waals surface area (Å²) in [4.78, 5) is 0. The molecule has 0 bridgehead atoms. The highest BCUT2D eigenvalue weighted by Crippen LogP contribution is 2.58. The molecule has 1 aliphatic rings. The minimum atomic E-state index is -0.124. The molecule has 0 amide bonds. The van der Waals surface area contributed by atoms with Crippen molar-refractivity contribution in [3.8, 4) is 0 Å². The number of nitrogens with one attached hydrogen (secondary N) is 1. The normalized spacial score (nSPS) is 23.5. The van der Waals surface area contributed by atoms with Crippen LogP contribution in [0.2, 0.25) is 0 Å². The zero-order valence-corrected chi connectivity index (χ0v) is 12.1. The highest BCUT2D eigenvalue weighted by atomic mass is 79.9. The Bertz CT molecular complexity index is 417. The summed E-state index contributed by atoms with van der Waals surface area (Å²) in [7, 11) is 0. The van der Waals surface area contributed by atoms with Crippen molar-refractivity contribution in [2.24, 2.45) is 11.3 Å². The van der Waals surface area contributed by atoms with E-state index in [4.69, 9.17) is 0 Å². The molecule has 1 aromatic carbocycles. The van der Waals surface area contributed by atoms with Gasteiger partial charge in [0, 0.05) is 11.6 Å². The average molecular weight is 300 g/mol. The SMILES string of the molecule is CCNC(c1cccc(Br)c1F)C1CC1(C)C. The predicted molar refractivity (Wildman–Crippen MR) is 72.4 cm³/mol. The van der Waals surface area contributed by atoms with Crippen LogP contribution in [0.4, 0.5) is 4.39 Å². The summed E-state index contributed by atoms with van der Waals surface area (Å²) >= 11 is 3.26. The summed E-state index contributed by atoms with van der Waals surface area (Å²) in [5.74, 6) is 0.410. The van der Waals surface area contributed by atoms with Crippen LogP contribution < -0.4 is 5.32 Å². The van der Waals surface area contributed by atoms with Crippen molar-refractivity contribution in [1.29, 1.82) is 0 Å². The zero-order valence-electron chi connectivity index (χ0n) is 10.6. The summed E-state index contributed by atoms with van der Waals surface area (Å²) < 4.78 is 14.7. The van der Waals surface area contributed by atoms with Gasteiger partial charge in [0.1, 0.15) is 5.82 Å². The molecule has 0 saturated heterocycles. The lowest BCUT2D eigenvalue weighted by Gasteiger charge is -2.21. The second-order valence-corrected chi connectivity index (χ2v) is 6.33. The lowest BCUT2D eigenvalue weighted by atomic mass is 9.96. The molecule has 17 heavy (non-hydrogen) atoms. The van der Waals surface area contributed by atoms with Crippen molar-refractivity contribution < 1.29 is 4.39 Å². The van der Waals surface area contributed by atoms with Crippen LogP contribution in [0.15, 0.2) is 22.7 Å². The van der Waals surface area contributed by atoms with Gasteiger partial charge in [-0.25, -0.2) is 4.39 Å². The summed E-state index contributed by atoms with van der Waals surface area (Å²) in [6.45, 7) is 7.43. The maximum absolute atomic E-state index is 14.1. The van der Waals surface area contributed by atoms with Crippen molar-refractivity contribution in [1.82, 2.24) is 5.32 Å². The first-order valence-electron chi connectivity index (χ1n) is 6.14. The molecule has 2 atom stereocenters. The smallest absolute Gasteiger partial charge is 0.142 e. The van der Waals surface area contributed by atoms with Crippen molar-refractivity contribution in [2.45, 2.75) is 33.2 Å². The Balaban J connectivity index is 2.30. The summed E-state index contributed by atoms with van der Waals surface area (Å²) in [5.41, 5.74) is 1.12. The van der Waals surface area contributed by atoms with Crippen molar-refractivity contribution in [3.63, 3.8) is 0 Å². The summed E-state index contributed by atoms with van der Waals surface area (Å²) in [6, 6.07) is 5.68. The maximum Gasteiger partial charge on any atom is 0.142 e. The number of rotatable bonds is 4. The Labute approximate surface area is 111 Å². The zero-order chi connectivity index (χ0) is 12.6. The van der Waals surface area contributed by atoms with Crippen LogP contribution in [0, 0.1) is 17.2 Å². The van der Waals surface area contributed by atoms with Crippen LogP contribution in [-0.4, -0.2) is 6.54 Å². The highest BCUT2D eigenvalue weighted by Gasteiger charge is 2.50. The van der Waals surface area contributed by atoms with Gasteiger partial charge in [0.25, 0.3) is 0 Å². The molecule has 1 saturated carbocycles. The Hall–Kier alpha value is -0.410. The molecule has 1 aliphatic carbocycles. The molecular weight excluding hydrogens is 281 g/mol. The van der Waals surface area contributed by atoms with Gasteiger partial charge >= 0.3 is 0 Å². The molecule has 0 spiro atoms. The van der Waals surface area contributed by atoms with E-state index in [2.05, 4.69) is 42.0 Å². The van der Waals surface area contributed by atoms with Crippen molar-refractivity contribution >= 4 is 15.9 Å². The molecule has 0 aliphatic heterocycles. The molecular formula is C14H19BrFN. The van der Waals surface area contributed by atoms with Crippen LogP contribution >= 0.6 is 15.9 Å². The van der Waals surface area contributed by atoms with Crippen molar-refractivity contribution in [3.05, 3.63) is 34.1 Å². The summed E-state index contributed by atoms with van der Waals surface area (Å²) in [5, 5.41) is 3.42. The van der Waals surface area contributed by atoms with E-state index in [-0.39, 0.29) is 11.9 Å². The quantitative estimate of drug-likeness (QED) is 0.875. The summed E-state index contributed by atoms with van der Waals surface area (Å²) in [6.07, 6.45) is 1.16. The third-order valence-corrected chi connectivity index (χ3v) is 4.35. The number of hydrogen-bond donors (Lipinski definition) is 1. The van der Waals surface area contributed by atoms with Gasteiger partial charge in [0.05, 0.1) is 4.47 Å². The molecule has 2 unspecified atom stereocenters. The molecule has 1 aromatic rings. The number of hydrogen-bond acceptors (Lipinski definition) is 1. The van der Waals surface area contributed by atoms with Gasteiger partial charge in [-0.15, -0.1) is 0 Å². The molecule has 1 N–H and O–H groups in total. The third kappa shape index (κ3) is 2.55. The topological polar surface area (TPSA) is 12.0 Å². The van der Waals surface area contributed by atoms with E-state index in [1.165, 1.54) is 0 Å². The van der Waals surface area contributed by atoms with Gasteiger partial charge in [0.15, 0.2) is 0 Å². The van der Waals surface area contributed by atoms with E-state index in [0.717, 1.165) is 18.5 Å². The average Bonchev–Trinajstić information content (AvgIpc) is 2.89.